The van der Waals surface area contributed by atoms with Crippen LogP contribution in [0.4, 0.5) is 0 Å². The van der Waals surface area contributed by atoms with Gasteiger partial charge in [0.1, 0.15) is 22.3 Å². The molecule has 0 bridgehead atoms. The van der Waals surface area contributed by atoms with Gasteiger partial charge in [0, 0.05) is 38.2 Å². The zero-order chi connectivity index (χ0) is 37.0. The van der Waals surface area contributed by atoms with Gasteiger partial charge in [-0.25, -0.2) is 15.0 Å². The van der Waals surface area contributed by atoms with E-state index in [1.54, 1.807) is 0 Å². The second-order valence-corrected chi connectivity index (χ2v) is 14.0. The van der Waals surface area contributed by atoms with Crippen LogP contribution in [0.25, 0.3) is 111 Å². The average Bonchev–Trinajstić information content (AvgIpc) is 3.84. The van der Waals surface area contributed by atoms with E-state index in [2.05, 4.69) is 152 Å². The van der Waals surface area contributed by atoms with Crippen molar-refractivity contribution in [2.45, 2.75) is 0 Å². The molecule has 11 rings (SSSR count). The van der Waals surface area contributed by atoms with Gasteiger partial charge in [-0.3, -0.25) is 0 Å². The molecular weight excluding hydrogens is 687 g/mol. The lowest BCUT2D eigenvalue weighted by Gasteiger charge is -2.10. The van der Waals surface area contributed by atoms with Gasteiger partial charge in [-0.05, 0) is 75.8 Å². The summed E-state index contributed by atoms with van der Waals surface area (Å²) in [7, 11) is 0. The smallest absolute Gasteiger partial charge is 0.164 e. The van der Waals surface area contributed by atoms with E-state index in [4.69, 9.17) is 23.8 Å². The minimum absolute atomic E-state index is 0.575. The van der Waals surface area contributed by atoms with E-state index in [1.165, 1.54) is 0 Å². The van der Waals surface area contributed by atoms with Crippen molar-refractivity contribution >= 4 is 43.9 Å². The second-order valence-electron chi connectivity index (χ2n) is 14.0. The Morgan fingerprint density at radius 3 is 1.05 bits per heavy atom. The highest BCUT2D eigenvalue weighted by molar-refractivity contribution is 6.08. The molecule has 0 aliphatic rings. The van der Waals surface area contributed by atoms with Gasteiger partial charge in [-0.1, -0.05) is 146 Å². The molecule has 8 aromatic carbocycles. The molecule has 0 N–H and O–H groups in total. The Balaban J connectivity index is 0.986. The van der Waals surface area contributed by atoms with E-state index in [0.29, 0.717) is 17.5 Å². The Bertz CT molecular complexity index is 3120. The molecule has 0 fully saturated rings. The molecule has 0 unspecified atom stereocenters. The maximum absolute atomic E-state index is 6.56. The lowest BCUT2D eigenvalue weighted by molar-refractivity contribution is 0.668. The fourth-order valence-electron chi connectivity index (χ4n) is 7.65. The fourth-order valence-corrected chi connectivity index (χ4v) is 7.65. The first kappa shape index (κ1) is 31.9. The minimum atomic E-state index is 0.575. The zero-order valence-corrected chi connectivity index (χ0v) is 30.1. The van der Waals surface area contributed by atoms with E-state index >= 15 is 0 Å². The van der Waals surface area contributed by atoms with Gasteiger partial charge < -0.3 is 8.83 Å². The van der Waals surface area contributed by atoms with Crippen LogP contribution in [0, 0.1) is 0 Å². The highest BCUT2D eigenvalue weighted by Crippen LogP contribution is 2.37. The van der Waals surface area contributed by atoms with Gasteiger partial charge in [-0.15, -0.1) is 0 Å². The molecule has 56 heavy (non-hydrogen) atoms. The monoisotopic (exact) mass is 717 g/mol. The van der Waals surface area contributed by atoms with Crippen LogP contribution < -0.4 is 0 Å². The molecule has 0 radical (unpaired) electrons. The van der Waals surface area contributed by atoms with E-state index in [9.17, 15) is 0 Å². The minimum Gasteiger partial charge on any atom is -0.456 e. The third-order valence-corrected chi connectivity index (χ3v) is 10.6. The molecule has 0 amide bonds. The van der Waals surface area contributed by atoms with Crippen molar-refractivity contribution < 1.29 is 8.83 Å². The van der Waals surface area contributed by atoms with Gasteiger partial charge in [-0.2, -0.15) is 0 Å². The van der Waals surface area contributed by atoms with Crippen molar-refractivity contribution in [2.24, 2.45) is 0 Å². The maximum atomic E-state index is 6.56. The molecule has 5 heteroatoms. The average molecular weight is 718 g/mol. The normalized spacial score (nSPS) is 11.6. The van der Waals surface area contributed by atoms with Crippen LogP contribution in [0.2, 0.25) is 0 Å². The third kappa shape index (κ3) is 5.62. The summed E-state index contributed by atoms with van der Waals surface area (Å²) >= 11 is 0. The molecule has 0 aliphatic carbocycles. The molecule has 5 nitrogen and oxygen atoms in total. The maximum Gasteiger partial charge on any atom is 0.164 e. The van der Waals surface area contributed by atoms with Crippen molar-refractivity contribution in [2.75, 3.05) is 0 Å². The number of fused-ring (bicyclic) bond motifs is 6. The topological polar surface area (TPSA) is 65.0 Å². The van der Waals surface area contributed by atoms with Gasteiger partial charge in [0.25, 0.3) is 0 Å². The van der Waals surface area contributed by atoms with Gasteiger partial charge in [0.15, 0.2) is 17.5 Å². The number of benzene rings is 8. The van der Waals surface area contributed by atoms with E-state index in [0.717, 1.165) is 93.9 Å². The summed E-state index contributed by atoms with van der Waals surface area (Å²) in [6.45, 7) is 0. The molecule has 0 aliphatic heterocycles. The third-order valence-electron chi connectivity index (χ3n) is 10.6. The Morgan fingerprint density at radius 1 is 0.232 bits per heavy atom. The first-order chi connectivity index (χ1) is 27.7. The number of aromatic nitrogens is 3. The van der Waals surface area contributed by atoms with Crippen LogP contribution in [0.15, 0.2) is 197 Å². The van der Waals surface area contributed by atoms with Crippen molar-refractivity contribution in [1.82, 2.24) is 15.0 Å². The fraction of sp³-hybridized carbons (Fsp3) is 0. The summed E-state index contributed by atoms with van der Waals surface area (Å²) in [5, 5.41) is 4.32. The number of hydrogen-bond donors (Lipinski definition) is 0. The molecule has 3 heterocycles. The van der Waals surface area contributed by atoms with Gasteiger partial charge in [0.05, 0.1) is 0 Å². The first-order valence-corrected chi connectivity index (χ1v) is 18.7. The predicted molar refractivity (Wildman–Crippen MR) is 227 cm³/mol. The van der Waals surface area contributed by atoms with Crippen molar-refractivity contribution in [3.05, 3.63) is 188 Å². The summed E-state index contributed by atoms with van der Waals surface area (Å²) in [5.41, 5.74) is 12.7. The number of rotatable bonds is 6. The lowest BCUT2D eigenvalue weighted by Crippen LogP contribution is -2.00. The van der Waals surface area contributed by atoms with Crippen LogP contribution in [-0.4, -0.2) is 15.0 Å². The molecule has 0 atom stereocenters. The quantitative estimate of drug-likeness (QED) is 0.171. The number of para-hydroxylation sites is 1. The van der Waals surface area contributed by atoms with Gasteiger partial charge >= 0.3 is 0 Å². The van der Waals surface area contributed by atoms with Crippen molar-refractivity contribution in [3.8, 4) is 67.5 Å². The van der Waals surface area contributed by atoms with Crippen molar-refractivity contribution in [1.29, 1.82) is 0 Å². The van der Waals surface area contributed by atoms with E-state index in [-0.39, 0.29) is 0 Å². The molecule has 0 saturated carbocycles. The summed E-state index contributed by atoms with van der Waals surface area (Å²) in [6, 6.07) is 64.6. The SMILES string of the molecule is c1ccc(-c2ccc(-c3nc(-c4ccc(-c5ccccc5)cc4)nc(-c4ccc5c(c4)oc4cc(-c6ccc7c(c6)oc6ccccc67)ccc45)n3)cc2)cc1. The highest BCUT2D eigenvalue weighted by atomic mass is 16.3. The van der Waals surface area contributed by atoms with Gasteiger partial charge in [0.2, 0.25) is 0 Å². The molecule has 11 aromatic rings. The Kier molecular flexibility index (Phi) is 7.42. The summed E-state index contributed by atoms with van der Waals surface area (Å²) in [5.74, 6) is 1.78. The van der Waals surface area contributed by atoms with Crippen LogP contribution in [0.5, 0.6) is 0 Å². The summed E-state index contributed by atoms with van der Waals surface area (Å²) < 4.78 is 12.7. The van der Waals surface area contributed by atoms with E-state index in [1.807, 2.05) is 36.4 Å². The molecule has 3 aromatic heterocycles. The highest BCUT2D eigenvalue weighted by Gasteiger charge is 2.16. The number of hydrogen-bond acceptors (Lipinski definition) is 5. The Hall–Kier alpha value is -7.63. The Morgan fingerprint density at radius 2 is 0.554 bits per heavy atom. The summed E-state index contributed by atoms with van der Waals surface area (Å²) in [4.78, 5) is 15.1. The molecule has 0 saturated heterocycles. The van der Waals surface area contributed by atoms with E-state index < -0.39 is 0 Å². The van der Waals surface area contributed by atoms with Crippen molar-refractivity contribution in [3.63, 3.8) is 0 Å². The lowest BCUT2D eigenvalue weighted by atomic mass is 10.0. The zero-order valence-electron chi connectivity index (χ0n) is 30.1. The number of nitrogens with zero attached hydrogens (tertiary/aromatic N) is 3. The molecular formula is C51H31N3O2. The largest absolute Gasteiger partial charge is 0.456 e. The van der Waals surface area contributed by atoms with Crippen LogP contribution in [0.3, 0.4) is 0 Å². The summed E-state index contributed by atoms with van der Waals surface area (Å²) in [6.07, 6.45) is 0. The first-order valence-electron chi connectivity index (χ1n) is 18.7. The molecule has 262 valence electrons. The standard InChI is InChI=1S/C51H31N3O2/c1-3-9-32(10-4-1)34-15-19-36(20-16-34)49-52-50(37-21-17-35(18-22-37)33-11-5-2-6-12-33)54-51(53-49)40-25-28-44-43-27-24-39(30-47(43)56-48(44)31-40)38-23-26-42-41-13-7-8-14-45(41)55-46(42)29-38/h1-31H. The molecule has 0 spiro atoms. The van der Waals surface area contributed by atoms with Crippen LogP contribution in [-0.2, 0) is 0 Å². The Labute approximate surface area is 322 Å². The predicted octanol–water partition coefficient (Wildman–Crippen LogP) is 13.7. The number of furan rings is 2. The second kappa shape index (κ2) is 13.0. The van der Waals surface area contributed by atoms with Crippen LogP contribution in [0.1, 0.15) is 0 Å². The van der Waals surface area contributed by atoms with Crippen LogP contribution >= 0.6 is 0 Å².